The lowest BCUT2D eigenvalue weighted by molar-refractivity contribution is 0.532. The SMILES string of the molecule is Cc1ccccc1C(CCl)(CCl)Cc1ccccc1Br. The van der Waals surface area contributed by atoms with Crippen molar-refractivity contribution in [1.29, 1.82) is 0 Å². The van der Waals surface area contributed by atoms with E-state index in [0.29, 0.717) is 11.8 Å². The van der Waals surface area contributed by atoms with E-state index in [4.69, 9.17) is 23.2 Å². The Kier molecular flexibility index (Phi) is 5.54. The van der Waals surface area contributed by atoms with Gasteiger partial charge in [0.05, 0.1) is 0 Å². The largest absolute Gasteiger partial charge is 0.126 e. The molecule has 20 heavy (non-hydrogen) atoms. The van der Waals surface area contributed by atoms with Crippen LogP contribution in [0.2, 0.25) is 0 Å². The first-order valence-corrected chi connectivity index (χ1v) is 8.40. The van der Waals surface area contributed by atoms with Crippen LogP contribution in [-0.2, 0) is 11.8 Å². The van der Waals surface area contributed by atoms with E-state index in [2.05, 4.69) is 53.2 Å². The lowest BCUT2D eigenvalue weighted by atomic mass is 9.77. The average Bonchev–Trinajstić information content (AvgIpc) is 2.48. The van der Waals surface area contributed by atoms with Gasteiger partial charge >= 0.3 is 0 Å². The molecule has 2 aromatic carbocycles. The highest BCUT2D eigenvalue weighted by molar-refractivity contribution is 9.10. The highest BCUT2D eigenvalue weighted by atomic mass is 79.9. The molecule has 0 aliphatic heterocycles. The van der Waals surface area contributed by atoms with Crippen molar-refractivity contribution in [2.24, 2.45) is 0 Å². The minimum absolute atomic E-state index is 0.238. The van der Waals surface area contributed by atoms with Crippen LogP contribution in [0.1, 0.15) is 16.7 Å². The number of aryl methyl sites for hydroxylation is 1. The van der Waals surface area contributed by atoms with E-state index in [0.717, 1.165) is 10.9 Å². The van der Waals surface area contributed by atoms with E-state index in [1.807, 2.05) is 18.2 Å². The van der Waals surface area contributed by atoms with Gasteiger partial charge in [-0.3, -0.25) is 0 Å². The molecule has 0 atom stereocenters. The van der Waals surface area contributed by atoms with E-state index in [1.165, 1.54) is 16.7 Å². The molecule has 0 fully saturated rings. The van der Waals surface area contributed by atoms with Crippen LogP contribution in [0.4, 0.5) is 0 Å². The summed E-state index contributed by atoms with van der Waals surface area (Å²) in [5.74, 6) is 1.01. The summed E-state index contributed by atoms with van der Waals surface area (Å²) in [6, 6.07) is 16.6. The molecule has 3 heteroatoms. The molecule has 0 aliphatic carbocycles. The maximum atomic E-state index is 6.33. The van der Waals surface area contributed by atoms with Crippen molar-refractivity contribution in [3.8, 4) is 0 Å². The maximum absolute atomic E-state index is 6.33. The molecule has 0 aromatic heterocycles. The molecule has 0 saturated heterocycles. The molecule has 0 saturated carbocycles. The zero-order chi connectivity index (χ0) is 14.6. The van der Waals surface area contributed by atoms with Crippen molar-refractivity contribution in [3.05, 3.63) is 69.7 Å². The molecule has 0 unspecified atom stereocenters. The van der Waals surface area contributed by atoms with Gasteiger partial charge in [0.2, 0.25) is 0 Å². The predicted octanol–water partition coefficient (Wildman–Crippen LogP) is 5.72. The van der Waals surface area contributed by atoms with Gasteiger partial charge in [-0.25, -0.2) is 0 Å². The van der Waals surface area contributed by atoms with Crippen molar-refractivity contribution < 1.29 is 0 Å². The second kappa shape index (κ2) is 6.98. The van der Waals surface area contributed by atoms with Gasteiger partial charge in [0.25, 0.3) is 0 Å². The summed E-state index contributed by atoms with van der Waals surface area (Å²) < 4.78 is 1.10. The van der Waals surface area contributed by atoms with Gasteiger partial charge in [0.1, 0.15) is 0 Å². The second-order valence-corrected chi connectivity index (χ2v) is 6.52. The summed E-state index contributed by atoms with van der Waals surface area (Å²) in [4.78, 5) is 0. The third kappa shape index (κ3) is 3.21. The number of benzene rings is 2. The molecular formula is C17H17BrCl2. The molecule has 0 bridgehead atoms. The quantitative estimate of drug-likeness (QED) is 0.590. The van der Waals surface area contributed by atoms with Crippen LogP contribution in [0.5, 0.6) is 0 Å². The van der Waals surface area contributed by atoms with Gasteiger partial charge in [-0.1, -0.05) is 58.4 Å². The van der Waals surface area contributed by atoms with Crippen molar-refractivity contribution in [2.45, 2.75) is 18.8 Å². The normalized spacial score (nSPS) is 11.6. The van der Waals surface area contributed by atoms with Gasteiger partial charge in [0.15, 0.2) is 0 Å². The molecule has 0 nitrogen and oxygen atoms in total. The number of hydrogen-bond donors (Lipinski definition) is 0. The summed E-state index contributed by atoms with van der Waals surface area (Å²) in [5.41, 5.74) is 3.47. The molecule has 0 heterocycles. The Morgan fingerprint density at radius 2 is 1.55 bits per heavy atom. The van der Waals surface area contributed by atoms with E-state index in [1.54, 1.807) is 0 Å². The number of hydrogen-bond acceptors (Lipinski definition) is 0. The number of alkyl halides is 2. The van der Waals surface area contributed by atoms with E-state index in [9.17, 15) is 0 Å². The number of halogens is 3. The van der Waals surface area contributed by atoms with Crippen LogP contribution >= 0.6 is 39.1 Å². The summed E-state index contributed by atoms with van der Waals surface area (Å²) in [6.07, 6.45) is 0.826. The van der Waals surface area contributed by atoms with Crippen molar-refractivity contribution in [3.63, 3.8) is 0 Å². The van der Waals surface area contributed by atoms with Crippen LogP contribution < -0.4 is 0 Å². The lowest BCUT2D eigenvalue weighted by Crippen LogP contribution is -2.34. The van der Waals surface area contributed by atoms with Crippen molar-refractivity contribution in [2.75, 3.05) is 11.8 Å². The molecule has 2 aromatic rings. The van der Waals surface area contributed by atoms with Crippen LogP contribution in [-0.4, -0.2) is 11.8 Å². The smallest absolute Gasteiger partial charge is 0.0335 e. The van der Waals surface area contributed by atoms with Crippen LogP contribution in [0, 0.1) is 6.92 Å². The minimum atomic E-state index is -0.238. The molecular weight excluding hydrogens is 355 g/mol. The van der Waals surface area contributed by atoms with E-state index in [-0.39, 0.29) is 5.41 Å². The standard InChI is InChI=1S/C17H17BrCl2/c1-13-6-2-4-8-15(13)17(11-19,12-20)10-14-7-3-5-9-16(14)18/h2-9H,10-12H2,1H3. The zero-order valence-corrected chi connectivity index (χ0v) is 14.5. The molecule has 0 radical (unpaired) electrons. The Hall–Kier alpha value is -0.500. The molecule has 0 amide bonds. The Morgan fingerprint density at radius 3 is 2.15 bits per heavy atom. The summed E-state index contributed by atoms with van der Waals surface area (Å²) in [5, 5.41) is 0. The Morgan fingerprint density at radius 1 is 0.950 bits per heavy atom. The zero-order valence-electron chi connectivity index (χ0n) is 11.4. The highest BCUT2D eigenvalue weighted by Gasteiger charge is 2.32. The highest BCUT2D eigenvalue weighted by Crippen LogP contribution is 2.35. The molecule has 0 spiro atoms. The summed E-state index contributed by atoms with van der Waals surface area (Å²) in [6.45, 7) is 2.11. The second-order valence-electron chi connectivity index (χ2n) is 5.13. The fourth-order valence-corrected chi connectivity index (χ4v) is 3.73. The van der Waals surface area contributed by atoms with E-state index < -0.39 is 0 Å². The molecule has 2 rings (SSSR count). The fraction of sp³-hybridized carbons (Fsp3) is 0.294. The first kappa shape index (κ1) is 15.9. The fourth-order valence-electron chi connectivity index (χ4n) is 2.54. The Labute approximate surface area is 139 Å². The first-order chi connectivity index (χ1) is 9.63. The van der Waals surface area contributed by atoms with Gasteiger partial charge in [-0.2, -0.15) is 0 Å². The summed E-state index contributed by atoms with van der Waals surface area (Å²) >= 11 is 16.3. The monoisotopic (exact) mass is 370 g/mol. The third-order valence-electron chi connectivity index (χ3n) is 3.71. The van der Waals surface area contributed by atoms with Gasteiger partial charge in [-0.15, -0.1) is 23.2 Å². The first-order valence-electron chi connectivity index (χ1n) is 6.54. The summed E-state index contributed by atoms with van der Waals surface area (Å²) in [7, 11) is 0. The third-order valence-corrected chi connectivity index (χ3v) is 5.51. The van der Waals surface area contributed by atoms with Gasteiger partial charge < -0.3 is 0 Å². The van der Waals surface area contributed by atoms with Crippen molar-refractivity contribution in [1.82, 2.24) is 0 Å². The van der Waals surface area contributed by atoms with Crippen LogP contribution in [0.3, 0.4) is 0 Å². The molecule has 106 valence electrons. The van der Waals surface area contributed by atoms with Crippen molar-refractivity contribution >= 4 is 39.1 Å². The maximum Gasteiger partial charge on any atom is 0.0335 e. The topological polar surface area (TPSA) is 0 Å². The van der Waals surface area contributed by atoms with E-state index >= 15 is 0 Å². The predicted molar refractivity (Wildman–Crippen MR) is 92.1 cm³/mol. The molecule has 0 aliphatic rings. The number of rotatable bonds is 5. The molecule has 0 N–H and O–H groups in total. The lowest BCUT2D eigenvalue weighted by Gasteiger charge is -2.32. The van der Waals surface area contributed by atoms with Gasteiger partial charge in [-0.05, 0) is 36.1 Å². The van der Waals surface area contributed by atoms with Crippen LogP contribution in [0.25, 0.3) is 0 Å². The average molecular weight is 372 g/mol. The Balaban J connectivity index is 2.46. The van der Waals surface area contributed by atoms with Gasteiger partial charge in [0, 0.05) is 21.6 Å². The Bertz CT molecular complexity index is 577. The van der Waals surface area contributed by atoms with Crippen LogP contribution in [0.15, 0.2) is 53.0 Å². The minimum Gasteiger partial charge on any atom is -0.126 e.